The van der Waals surface area contributed by atoms with Crippen molar-refractivity contribution in [1.29, 1.82) is 5.26 Å². The highest BCUT2D eigenvalue weighted by Gasteiger charge is 2.37. The van der Waals surface area contributed by atoms with Crippen molar-refractivity contribution in [3.8, 4) is 6.07 Å². The average Bonchev–Trinajstić information content (AvgIpc) is 3.60. The summed E-state index contributed by atoms with van der Waals surface area (Å²) < 4.78 is 11.3. The number of nitrogens with zero attached hydrogens (tertiary/aromatic N) is 3. The fourth-order valence-electron chi connectivity index (χ4n) is 5.51. The van der Waals surface area contributed by atoms with Gasteiger partial charge in [-0.15, -0.1) is 0 Å². The van der Waals surface area contributed by atoms with E-state index in [2.05, 4.69) is 49.6 Å². The quantitative estimate of drug-likeness (QED) is 0.613. The number of amides is 1. The molecule has 1 aliphatic carbocycles. The zero-order valence-electron chi connectivity index (χ0n) is 20.9. The third kappa shape index (κ3) is 5.20. The predicted octanol–water partition coefficient (Wildman–Crippen LogP) is 4.39. The van der Waals surface area contributed by atoms with E-state index in [9.17, 15) is 10.1 Å². The first kappa shape index (κ1) is 24.0. The monoisotopic (exact) mass is 453 g/mol. The van der Waals surface area contributed by atoms with Crippen LogP contribution in [0.4, 0.5) is 5.69 Å². The van der Waals surface area contributed by atoms with Gasteiger partial charge >= 0.3 is 0 Å². The van der Waals surface area contributed by atoms with Gasteiger partial charge in [-0.25, -0.2) is 0 Å². The number of fused-ring (bicyclic) bond motifs is 1. The first-order valence-electron chi connectivity index (χ1n) is 12.5. The Morgan fingerprint density at radius 2 is 2.06 bits per heavy atom. The van der Waals surface area contributed by atoms with Crippen molar-refractivity contribution in [3.63, 3.8) is 0 Å². The van der Waals surface area contributed by atoms with Crippen molar-refractivity contribution in [2.24, 2.45) is 5.92 Å². The molecule has 6 heteroatoms. The lowest BCUT2D eigenvalue weighted by Crippen LogP contribution is -2.56. The number of ether oxygens (including phenoxy) is 2. The van der Waals surface area contributed by atoms with Crippen molar-refractivity contribution in [2.45, 2.75) is 84.0 Å². The molecule has 1 aromatic rings. The second kappa shape index (κ2) is 9.64. The summed E-state index contributed by atoms with van der Waals surface area (Å²) in [7, 11) is 1.64. The van der Waals surface area contributed by atoms with Gasteiger partial charge in [0.05, 0.1) is 36.5 Å². The summed E-state index contributed by atoms with van der Waals surface area (Å²) in [6.07, 6.45) is 4.59. The van der Waals surface area contributed by atoms with Crippen LogP contribution in [0.2, 0.25) is 0 Å². The number of carbonyl (C=O) groups is 1. The van der Waals surface area contributed by atoms with Crippen LogP contribution >= 0.6 is 0 Å². The van der Waals surface area contributed by atoms with E-state index in [1.54, 1.807) is 7.11 Å². The van der Waals surface area contributed by atoms with Crippen molar-refractivity contribution >= 4 is 11.6 Å². The van der Waals surface area contributed by atoms with Crippen LogP contribution in [0, 0.1) is 17.2 Å². The Morgan fingerprint density at radius 1 is 1.30 bits per heavy atom. The van der Waals surface area contributed by atoms with E-state index >= 15 is 0 Å². The van der Waals surface area contributed by atoms with Gasteiger partial charge < -0.3 is 19.3 Å². The van der Waals surface area contributed by atoms with Gasteiger partial charge in [0, 0.05) is 39.2 Å². The number of nitriles is 1. The minimum absolute atomic E-state index is 0.148. The first-order valence-corrected chi connectivity index (χ1v) is 12.5. The Hall–Kier alpha value is -2.10. The molecular formula is C27H39N3O3. The lowest BCUT2D eigenvalue weighted by atomic mass is 9.84. The highest BCUT2D eigenvalue weighted by Crippen LogP contribution is 2.47. The maximum atomic E-state index is 12.9. The first-order chi connectivity index (χ1) is 15.7. The van der Waals surface area contributed by atoms with Gasteiger partial charge in [0.15, 0.2) is 0 Å². The lowest BCUT2D eigenvalue weighted by Gasteiger charge is -2.44. The number of piperazine rings is 1. The molecule has 0 radical (unpaired) electrons. The number of methoxy groups -OCH3 is 1. The molecule has 6 nitrogen and oxygen atoms in total. The van der Waals surface area contributed by atoms with E-state index < -0.39 is 0 Å². The second-order valence-electron chi connectivity index (χ2n) is 11.0. The summed E-state index contributed by atoms with van der Waals surface area (Å²) in [4.78, 5) is 17.3. The molecule has 2 heterocycles. The van der Waals surface area contributed by atoms with Crippen molar-refractivity contribution in [2.75, 3.05) is 38.3 Å². The molecule has 0 N–H and O–H groups in total. The number of carbonyl (C=O) groups excluding carboxylic acids is 1. The molecule has 180 valence electrons. The predicted molar refractivity (Wildman–Crippen MR) is 129 cm³/mol. The smallest absolute Gasteiger partial charge is 0.225 e. The largest absolute Gasteiger partial charge is 0.384 e. The highest BCUT2D eigenvalue weighted by molar-refractivity contribution is 5.77. The summed E-state index contributed by atoms with van der Waals surface area (Å²) in [5.41, 5.74) is 5.44. The topological polar surface area (TPSA) is 65.8 Å². The van der Waals surface area contributed by atoms with Crippen LogP contribution in [0.5, 0.6) is 0 Å². The summed E-state index contributed by atoms with van der Waals surface area (Å²) >= 11 is 0. The molecule has 2 fully saturated rings. The van der Waals surface area contributed by atoms with Gasteiger partial charge in [-0.05, 0) is 67.7 Å². The standard InChI is InChI=1S/C27H39N3O3/c1-18(2)12-20-16-29(9-10-30(20)26(31)8-11-32-5)25-13-21(19-6-7-19)24-17-33-27(3,4)14-22(24)23(25)15-28/h13,18-20H,6-12,14,16-17H2,1-5H3/t20-/m0/s1. The van der Waals surface area contributed by atoms with Crippen molar-refractivity contribution in [3.05, 3.63) is 28.3 Å². The van der Waals surface area contributed by atoms with Crippen LogP contribution in [-0.4, -0.2) is 55.8 Å². The Labute approximate surface area is 198 Å². The SMILES string of the molecule is COCCC(=O)N1CCN(c2cc(C3CC3)c3c(c2C#N)CC(C)(C)OC3)C[C@@H]1CC(C)C. The Morgan fingerprint density at radius 3 is 2.70 bits per heavy atom. The maximum Gasteiger partial charge on any atom is 0.225 e. The number of hydrogen-bond acceptors (Lipinski definition) is 5. The van der Waals surface area contributed by atoms with E-state index in [1.807, 2.05) is 0 Å². The fourth-order valence-corrected chi connectivity index (χ4v) is 5.51. The molecule has 1 amide bonds. The molecule has 1 atom stereocenters. The number of anilines is 1. The number of rotatable bonds is 7. The molecule has 1 aromatic carbocycles. The molecule has 1 saturated carbocycles. The molecule has 0 aromatic heterocycles. The number of benzene rings is 1. The van der Waals surface area contributed by atoms with Gasteiger partial charge in [-0.1, -0.05) is 13.8 Å². The summed E-state index contributed by atoms with van der Waals surface area (Å²) in [5.74, 6) is 1.26. The van der Waals surface area contributed by atoms with Crippen molar-refractivity contribution in [1.82, 2.24) is 4.90 Å². The minimum atomic E-state index is -0.259. The molecule has 0 unspecified atom stereocenters. The maximum absolute atomic E-state index is 12.9. The van der Waals surface area contributed by atoms with Gasteiger partial charge in [0.25, 0.3) is 0 Å². The molecule has 33 heavy (non-hydrogen) atoms. The minimum Gasteiger partial charge on any atom is -0.384 e. The molecule has 1 saturated heterocycles. The van der Waals surface area contributed by atoms with E-state index in [4.69, 9.17) is 9.47 Å². The van der Waals surface area contributed by atoms with E-state index in [0.29, 0.717) is 38.0 Å². The highest BCUT2D eigenvalue weighted by atomic mass is 16.5. The zero-order valence-corrected chi connectivity index (χ0v) is 20.9. The van der Waals surface area contributed by atoms with E-state index in [-0.39, 0.29) is 17.6 Å². The summed E-state index contributed by atoms with van der Waals surface area (Å²) in [5, 5.41) is 10.3. The lowest BCUT2D eigenvalue weighted by molar-refractivity contribution is -0.135. The molecule has 0 spiro atoms. The molecule has 3 aliphatic rings. The van der Waals surface area contributed by atoms with E-state index in [0.717, 1.165) is 37.2 Å². The van der Waals surface area contributed by atoms with Gasteiger partial charge in [-0.2, -0.15) is 5.26 Å². The van der Waals surface area contributed by atoms with E-state index in [1.165, 1.54) is 29.5 Å². The van der Waals surface area contributed by atoms with Crippen LogP contribution < -0.4 is 4.90 Å². The Bertz CT molecular complexity index is 930. The average molecular weight is 454 g/mol. The fraction of sp³-hybridized carbons (Fsp3) is 0.704. The molecule has 2 aliphatic heterocycles. The Kier molecular flexibility index (Phi) is 7.02. The third-order valence-corrected chi connectivity index (χ3v) is 7.31. The van der Waals surface area contributed by atoms with Crippen LogP contribution in [0.3, 0.4) is 0 Å². The number of hydrogen-bond donors (Lipinski definition) is 0. The zero-order chi connectivity index (χ0) is 23.8. The summed E-state index contributed by atoms with van der Waals surface area (Å²) in [6.45, 7) is 11.9. The normalized spacial score (nSPS) is 22.3. The van der Waals surface area contributed by atoms with Crippen LogP contribution in [0.1, 0.15) is 81.5 Å². The van der Waals surface area contributed by atoms with Crippen molar-refractivity contribution < 1.29 is 14.3 Å². The van der Waals surface area contributed by atoms with Gasteiger partial charge in [0.1, 0.15) is 6.07 Å². The second-order valence-corrected chi connectivity index (χ2v) is 11.0. The van der Waals surface area contributed by atoms with Crippen LogP contribution in [-0.2, 0) is 27.3 Å². The molecule has 0 bridgehead atoms. The molecular weight excluding hydrogens is 414 g/mol. The van der Waals surface area contributed by atoms with Crippen LogP contribution in [0.15, 0.2) is 6.07 Å². The molecule has 4 rings (SSSR count). The Balaban J connectivity index is 1.68. The third-order valence-electron chi connectivity index (χ3n) is 7.31. The van der Waals surface area contributed by atoms with Gasteiger partial charge in [-0.3, -0.25) is 4.79 Å². The van der Waals surface area contributed by atoms with Gasteiger partial charge in [0.2, 0.25) is 5.91 Å². The van der Waals surface area contributed by atoms with Crippen LogP contribution in [0.25, 0.3) is 0 Å². The summed E-state index contributed by atoms with van der Waals surface area (Å²) in [6, 6.07) is 5.00.